The van der Waals surface area contributed by atoms with Crippen LogP contribution in [0.4, 0.5) is 0 Å². The van der Waals surface area contributed by atoms with Crippen molar-refractivity contribution in [1.82, 2.24) is 9.78 Å². The van der Waals surface area contributed by atoms with Crippen molar-refractivity contribution in [3.8, 4) is 5.69 Å². The van der Waals surface area contributed by atoms with Gasteiger partial charge in [0.15, 0.2) is 5.78 Å². The number of nitrogens with zero attached hydrogens (tertiary/aromatic N) is 2. The zero-order chi connectivity index (χ0) is 11.8. The second-order valence-electron chi connectivity index (χ2n) is 4.53. The van der Waals surface area contributed by atoms with E-state index in [1.54, 1.807) is 6.20 Å². The Morgan fingerprint density at radius 1 is 1.29 bits per heavy atom. The van der Waals surface area contributed by atoms with Gasteiger partial charge in [-0.2, -0.15) is 5.10 Å². The molecule has 0 atom stereocenters. The van der Waals surface area contributed by atoms with Crippen LogP contribution in [0.2, 0.25) is 0 Å². The van der Waals surface area contributed by atoms with Crippen molar-refractivity contribution < 1.29 is 4.79 Å². The van der Waals surface area contributed by atoms with Crippen LogP contribution in [0.5, 0.6) is 0 Å². The minimum Gasteiger partial charge on any atom is -0.294 e. The minimum atomic E-state index is 0.227. The van der Waals surface area contributed by atoms with Crippen molar-refractivity contribution in [3.05, 3.63) is 47.3 Å². The molecule has 0 aliphatic heterocycles. The molecule has 0 radical (unpaired) electrons. The summed E-state index contributed by atoms with van der Waals surface area (Å²) in [6.45, 7) is 2.06. The lowest BCUT2D eigenvalue weighted by Gasteiger charge is -2.13. The second kappa shape index (κ2) is 3.84. The molecule has 0 N–H and O–H groups in total. The van der Waals surface area contributed by atoms with Crippen LogP contribution in [0.15, 0.2) is 30.5 Å². The van der Waals surface area contributed by atoms with Crippen LogP contribution in [0.1, 0.15) is 34.5 Å². The predicted molar refractivity (Wildman–Crippen MR) is 65.6 cm³/mol. The van der Waals surface area contributed by atoms with Crippen LogP contribution in [-0.2, 0) is 6.42 Å². The summed E-state index contributed by atoms with van der Waals surface area (Å²) in [4.78, 5) is 11.7. The molecule has 3 rings (SSSR count). The summed E-state index contributed by atoms with van der Waals surface area (Å²) in [5.74, 6) is 0.227. The van der Waals surface area contributed by atoms with Gasteiger partial charge in [-0.3, -0.25) is 4.79 Å². The van der Waals surface area contributed by atoms with Crippen molar-refractivity contribution in [2.45, 2.75) is 26.2 Å². The van der Waals surface area contributed by atoms with Gasteiger partial charge in [-0.25, -0.2) is 4.68 Å². The fourth-order valence-electron chi connectivity index (χ4n) is 2.38. The molecule has 1 heterocycles. The number of Topliss-reactive ketones (excluding diaryl/α,β-unsaturated/α-hetero) is 1. The molecular formula is C14H14N2O. The summed E-state index contributed by atoms with van der Waals surface area (Å²) in [7, 11) is 0. The molecule has 86 valence electrons. The molecule has 0 unspecified atom stereocenters. The number of aromatic nitrogens is 2. The maximum absolute atomic E-state index is 11.7. The highest BCUT2D eigenvalue weighted by molar-refractivity contribution is 5.98. The lowest BCUT2D eigenvalue weighted by molar-refractivity contribution is 0.0972. The first-order valence-electron chi connectivity index (χ1n) is 5.93. The zero-order valence-electron chi connectivity index (χ0n) is 9.81. The molecule has 0 saturated carbocycles. The number of hydrogen-bond acceptors (Lipinski definition) is 2. The number of rotatable bonds is 1. The molecule has 1 aromatic carbocycles. The Balaban J connectivity index is 2.13. The molecular weight excluding hydrogens is 212 g/mol. The quantitative estimate of drug-likeness (QED) is 0.749. The highest BCUT2D eigenvalue weighted by atomic mass is 16.1. The molecule has 0 bridgehead atoms. The van der Waals surface area contributed by atoms with Crippen molar-refractivity contribution in [1.29, 1.82) is 0 Å². The van der Waals surface area contributed by atoms with Gasteiger partial charge in [-0.1, -0.05) is 12.1 Å². The minimum absolute atomic E-state index is 0.227. The van der Waals surface area contributed by atoms with E-state index < -0.39 is 0 Å². The van der Waals surface area contributed by atoms with Crippen LogP contribution < -0.4 is 0 Å². The Bertz CT molecular complexity index is 584. The maximum Gasteiger partial charge on any atom is 0.166 e. The highest BCUT2D eigenvalue weighted by Crippen LogP contribution is 2.23. The van der Waals surface area contributed by atoms with Gasteiger partial charge in [0.25, 0.3) is 0 Å². The monoisotopic (exact) mass is 226 g/mol. The standard InChI is InChI=1S/C14H14N2O/c1-10-4-2-5-11(8-10)16-13-6-3-7-14(17)12(13)9-15-16/h2,4-5,8-9H,3,6-7H2,1H3. The molecule has 3 heteroatoms. The number of aryl methyl sites for hydroxylation is 1. The largest absolute Gasteiger partial charge is 0.294 e. The lowest BCUT2D eigenvalue weighted by Crippen LogP contribution is -2.12. The topological polar surface area (TPSA) is 34.9 Å². The number of fused-ring (bicyclic) bond motifs is 1. The zero-order valence-corrected chi connectivity index (χ0v) is 9.81. The van der Waals surface area contributed by atoms with E-state index in [-0.39, 0.29) is 5.78 Å². The number of carbonyl (C=O) groups is 1. The highest BCUT2D eigenvalue weighted by Gasteiger charge is 2.22. The van der Waals surface area contributed by atoms with Gasteiger partial charge < -0.3 is 0 Å². The Morgan fingerprint density at radius 2 is 2.18 bits per heavy atom. The van der Waals surface area contributed by atoms with E-state index in [0.717, 1.165) is 29.8 Å². The SMILES string of the molecule is Cc1cccc(-n2ncc3c2CCCC3=O)c1. The van der Waals surface area contributed by atoms with Gasteiger partial charge in [0.1, 0.15) is 0 Å². The van der Waals surface area contributed by atoms with Crippen molar-refractivity contribution in [2.24, 2.45) is 0 Å². The van der Waals surface area contributed by atoms with Gasteiger partial charge in [0.05, 0.1) is 23.1 Å². The smallest absolute Gasteiger partial charge is 0.166 e. The summed E-state index contributed by atoms with van der Waals surface area (Å²) in [5.41, 5.74) is 4.11. The summed E-state index contributed by atoms with van der Waals surface area (Å²) in [6.07, 6.45) is 4.24. The Hall–Kier alpha value is -1.90. The molecule has 0 amide bonds. The molecule has 1 aromatic heterocycles. The summed E-state index contributed by atoms with van der Waals surface area (Å²) in [6, 6.07) is 8.19. The third-order valence-corrected chi connectivity index (χ3v) is 3.23. The van der Waals surface area contributed by atoms with E-state index in [9.17, 15) is 4.79 Å². The second-order valence-corrected chi connectivity index (χ2v) is 4.53. The number of hydrogen-bond donors (Lipinski definition) is 0. The van der Waals surface area contributed by atoms with Gasteiger partial charge in [-0.05, 0) is 37.5 Å². The average molecular weight is 226 g/mol. The van der Waals surface area contributed by atoms with Gasteiger partial charge >= 0.3 is 0 Å². The molecule has 17 heavy (non-hydrogen) atoms. The number of ketones is 1. The molecule has 0 spiro atoms. The fourth-order valence-corrected chi connectivity index (χ4v) is 2.38. The molecule has 3 nitrogen and oxygen atoms in total. The summed E-state index contributed by atoms with van der Waals surface area (Å²) < 4.78 is 1.90. The third kappa shape index (κ3) is 1.68. The number of carbonyl (C=O) groups excluding carboxylic acids is 1. The Morgan fingerprint density at radius 3 is 3.00 bits per heavy atom. The number of benzene rings is 1. The summed E-state index contributed by atoms with van der Waals surface area (Å²) >= 11 is 0. The van der Waals surface area contributed by atoms with Crippen LogP contribution in [0, 0.1) is 6.92 Å². The van der Waals surface area contributed by atoms with Crippen molar-refractivity contribution in [3.63, 3.8) is 0 Å². The first-order chi connectivity index (χ1) is 8.25. The first-order valence-corrected chi connectivity index (χ1v) is 5.93. The summed E-state index contributed by atoms with van der Waals surface area (Å²) in [5, 5.41) is 4.36. The van der Waals surface area contributed by atoms with Crippen LogP contribution in [0.25, 0.3) is 5.69 Å². The van der Waals surface area contributed by atoms with Gasteiger partial charge in [0, 0.05) is 6.42 Å². The lowest BCUT2D eigenvalue weighted by atomic mass is 9.97. The average Bonchev–Trinajstić information content (AvgIpc) is 2.74. The third-order valence-electron chi connectivity index (χ3n) is 3.23. The predicted octanol–water partition coefficient (Wildman–Crippen LogP) is 2.70. The maximum atomic E-state index is 11.7. The molecule has 1 aliphatic rings. The Labute approximate surface area is 100 Å². The fraction of sp³-hybridized carbons (Fsp3) is 0.286. The van der Waals surface area contributed by atoms with Gasteiger partial charge in [0.2, 0.25) is 0 Å². The van der Waals surface area contributed by atoms with E-state index >= 15 is 0 Å². The normalized spacial score (nSPS) is 14.8. The van der Waals surface area contributed by atoms with E-state index in [4.69, 9.17) is 0 Å². The van der Waals surface area contributed by atoms with Crippen LogP contribution >= 0.6 is 0 Å². The van der Waals surface area contributed by atoms with E-state index in [0.29, 0.717) is 6.42 Å². The van der Waals surface area contributed by atoms with E-state index in [1.165, 1.54) is 5.56 Å². The molecule has 0 saturated heterocycles. The van der Waals surface area contributed by atoms with Crippen molar-refractivity contribution in [2.75, 3.05) is 0 Å². The van der Waals surface area contributed by atoms with E-state index in [1.807, 2.05) is 16.8 Å². The van der Waals surface area contributed by atoms with Crippen LogP contribution in [-0.4, -0.2) is 15.6 Å². The van der Waals surface area contributed by atoms with Crippen molar-refractivity contribution >= 4 is 5.78 Å². The molecule has 1 aliphatic carbocycles. The Kier molecular flexibility index (Phi) is 2.32. The first kappa shape index (κ1) is 10.3. The van der Waals surface area contributed by atoms with Crippen LogP contribution in [0.3, 0.4) is 0 Å². The molecule has 0 fully saturated rings. The molecule has 2 aromatic rings. The van der Waals surface area contributed by atoms with Gasteiger partial charge in [-0.15, -0.1) is 0 Å². The van der Waals surface area contributed by atoms with E-state index in [2.05, 4.69) is 24.2 Å².